The van der Waals surface area contributed by atoms with Crippen molar-refractivity contribution in [3.8, 4) is 34.2 Å². The van der Waals surface area contributed by atoms with Crippen LogP contribution in [0.4, 0.5) is 22.7 Å². The van der Waals surface area contributed by atoms with E-state index < -0.39 is 0 Å². The van der Waals surface area contributed by atoms with E-state index >= 15 is 0 Å². The van der Waals surface area contributed by atoms with Crippen molar-refractivity contribution in [1.29, 1.82) is 0 Å². The molecule has 5 heteroatoms. The molecule has 0 spiro atoms. The molecule has 0 saturated heterocycles. The molecule has 6 aromatic carbocycles. The molecule has 0 bridgehead atoms. The van der Waals surface area contributed by atoms with Crippen molar-refractivity contribution in [2.75, 3.05) is 0 Å². The molecule has 0 fully saturated rings. The Kier molecular flexibility index (Phi) is 5.67. The van der Waals surface area contributed by atoms with E-state index in [1.165, 1.54) is 33.9 Å². The zero-order valence-corrected chi connectivity index (χ0v) is 24.4. The average Bonchev–Trinajstić information content (AvgIpc) is 3.83. The molecule has 45 heavy (non-hydrogen) atoms. The Morgan fingerprint density at radius 3 is 1.78 bits per heavy atom. The Morgan fingerprint density at radius 2 is 1.09 bits per heavy atom. The van der Waals surface area contributed by atoms with Gasteiger partial charge in [0.2, 0.25) is 5.95 Å². The van der Waals surface area contributed by atoms with Crippen molar-refractivity contribution >= 4 is 33.7 Å². The van der Waals surface area contributed by atoms with Gasteiger partial charge in [0.15, 0.2) is 17.2 Å². The van der Waals surface area contributed by atoms with E-state index in [-0.39, 0.29) is 0 Å². The molecule has 2 aromatic heterocycles. The van der Waals surface area contributed by atoms with Crippen LogP contribution in [0, 0.1) is 0 Å². The highest BCUT2D eigenvalue weighted by Crippen LogP contribution is 2.63. The Morgan fingerprint density at radius 1 is 0.489 bits per heavy atom. The lowest BCUT2D eigenvalue weighted by atomic mass is 10.0. The van der Waals surface area contributed by atoms with Crippen LogP contribution in [0.25, 0.3) is 45.1 Å². The third-order valence-electron chi connectivity index (χ3n) is 8.92. The quantitative estimate of drug-likeness (QED) is 0.191. The summed E-state index contributed by atoms with van der Waals surface area (Å²) in [6, 6.07) is 57.8. The minimum absolute atomic E-state index is 0.495. The Labute approximate surface area is 261 Å². The van der Waals surface area contributed by atoms with E-state index in [1.54, 1.807) is 0 Å². The van der Waals surface area contributed by atoms with Crippen LogP contribution in [0.1, 0.15) is 0 Å². The zero-order valence-electron chi connectivity index (χ0n) is 24.4. The maximum atomic E-state index is 4.87. The van der Waals surface area contributed by atoms with Gasteiger partial charge >= 0.3 is 0 Å². The first-order chi connectivity index (χ1) is 22.4. The summed E-state index contributed by atoms with van der Waals surface area (Å²) in [7, 11) is 0. The molecular formula is C40H28N5+. The lowest BCUT2D eigenvalue weighted by Gasteiger charge is -2.34. The summed E-state index contributed by atoms with van der Waals surface area (Å²) in [6.07, 6.45) is 2.13. The number of hydrogen-bond donors (Lipinski definition) is 0. The van der Waals surface area contributed by atoms with Gasteiger partial charge in [-0.15, -0.1) is 10.2 Å². The molecule has 0 atom stereocenters. The fourth-order valence-corrected chi connectivity index (χ4v) is 7.07. The lowest BCUT2D eigenvalue weighted by Crippen LogP contribution is -2.31. The predicted octanol–water partition coefficient (Wildman–Crippen LogP) is 10.2. The third-order valence-corrected chi connectivity index (χ3v) is 8.92. The third kappa shape index (κ3) is 3.65. The molecule has 9 rings (SSSR count). The number of fused-ring (bicyclic) bond motifs is 5. The van der Waals surface area contributed by atoms with E-state index in [2.05, 4.69) is 155 Å². The molecule has 8 aromatic rings. The van der Waals surface area contributed by atoms with E-state index in [1.807, 2.05) is 24.3 Å². The van der Waals surface area contributed by atoms with Crippen molar-refractivity contribution in [3.63, 3.8) is 0 Å². The van der Waals surface area contributed by atoms with Gasteiger partial charge in [-0.25, -0.2) is 0 Å². The second-order valence-electron chi connectivity index (χ2n) is 11.3. The van der Waals surface area contributed by atoms with E-state index in [4.69, 9.17) is 10.2 Å². The van der Waals surface area contributed by atoms with Crippen molar-refractivity contribution in [2.24, 2.45) is 0 Å². The minimum Gasteiger partial charge on any atom is -0.284 e. The van der Waals surface area contributed by atoms with Crippen molar-refractivity contribution in [1.82, 2.24) is 23.8 Å². The molecule has 212 valence electrons. The maximum absolute atomic E-state index is 4.87. The van der Waals surface area contributed by atoms with Crippen LogP contribution >= 0.6 is 0 Å². The molecule has 3 heterocycles. The number of para-hydroxylation sites is 4. The maximum Gasteiger partial charge on any atom is 0.240 e. The Hall–Kier alpha value is -6.04. The van der Waals surface area contributed by atoms with Gasteiger partial charge in [0, 0.05) is 53.5 Å². The first-order valence-electron chi connectivity index (χ1n) is 15.2. The second-order valence-corrected chi connectivity index (χ2v) is 11.3. The molecule has 5 nitrogen and oxygen atoms in total. The second kappa shape index (κ2) is 10.0. The average molecular weight is 579 g/mol. The standard InChI is InChI=1S/C40H28N5/c1-5-15-30(16-6-1)39-41-42-40(44(39)31-17-7-2-8-18-31)43-28-27-29-25-26-36-37(38(29)43)34-23-13-14-24-35(34)45(36,32-19-9-3-10-20-32)33-21-11-4-12-22-33/h1-28H/q+1. The fraction of sp³-hybridized carbons (Fsp3) is 0. The normalized spacial score (nSPS) is 13.1. The highest BCUT2D eigenvalue weighted by molar-refractivity contribution is 6.12. The molecule has 0 aliphatic carbocycles. The van der Waals surface area contributed by atoms with Gasteiger partial charge < -0.3 is 0 Å². The van der Waals surface area contributed by atoms with Crippen molar-refractivity contribution in [2.45, 2.75) is 0 Å². The number of aromatic nitrogens is 4. The van der Waals surface area contributed by atoms with Crippen LogP contribution in [0.5, 0.6) is 0 Å². The van der Waals surface area contributed by atoms with E-state index in [9.17, 15) is 0 Å². The smallest absolute Gasteiger partial charge is 0.240 e. The number of nitrogens with zero attached hydrogens (tertiary/aromatic N) is 5. The van der Waals surface area contributed by atoms with E-state index in [0.717, 1.165) is 33.9 Å². The summed E-state index contributed by atoms with van der Waals surface area (Å²) in [6.45, 7) is 0. The summed E-state index contributed by atoms with van der Waals surface area (Å²) in [4.78, 5) is 0. The lowest BCUT2D eigenvalue weighted by molar-refractivity contribution is 0.721. The summed E-state index contributed by atoms with van der Waals surface area (Å²) >= 11 is 0. The zero-order chi connectivity index (χ0) is 29.8. The monoisotopic (exact) mass is 578 g/mol. The SMILES string of the molecule is c1ccc(-c2nnc(-n3ccc4ccc5c(c43)-c3ccccc3[N+]5(c3ccccc3)c3ccccc3)n2-c2ccccc2)cc1. The fourth-order valence-electron chi connectivity index (χ4n) is 7.07. The van der Waals surface area contributed by atoms with Crippen molar-refractivity contribution in [3.05, 3.63) is 170 Å². The molecule has 1 aliphatic rings. The van der Waals surface area contributed by atoms with Crippen LogP contribution in [-0.2, 0) is 0 Å². The van der Waals surface area contributed by atoms with Crippen molar-refractivity contribution < 1.29 is 0 Å². The summed E-state index contributed by atoms with van der Waals surface area (Å²) in [5.41, 5.74) is 10.3. The van der Waals surface area contributed by atoms with Crippen LogP contribution in [-0.4, -0.2) is 19.3 Å². The topological polar surface area (TPSA) is 35.6 Å². The molecule has 0 unspecified atom stereocenters. The molecular weight excluding hydrogens is 550 g/mol. The van der Waals surface area contributed by atoms with Crippen LogP contribution < -0.4 is 4.48 Å². The summed E-state index contributed by atoms with van der Waals surface area (Å²) < 4.78 is 4.87. The Balaban J connectivity index is 1.39. The number of benzene rings is 6. The van der Waals surface area contributed by atoms with Gasteiger partial charge in [-0.05, 0) is 30.3 Å². The van der Waals surface area contributed by atoms with Gasteiger partial charge in [0.25, 0.3) is 0 Å². The van der Waals surface area contributed by atoms with Gasteiger partial charge in [-0.2, -0.15) is 4.48 Å². The van der Waals surface area contributed by atoms with Gasteiger partial charge in [0.1, 0.15) is 11.4 Å². The molecule has 0 radical (unpaired) electrons. The van der Waals surface area contributed by atoms with Crippen LogP contribution in [0.2, 0.25) is 0 Å². The van der Waals surface area contributed by atoms with Crippen LogP contribution in [0.3, 0.4) is 0 Å². The van der Waals surface area contributed by atoms with E-state index in [0.29, 0.717) is 4.48 Å². The predicted molar refractivity (Wildman–Crippen MR) is 183 cm³/mol. The first-order valence-corrected chi connectivity index (χ1v) is 15.2. The van der Waals surface area contributed by atoms with Gasteiger partial charge in [0.05, 0.1) is 22.3 Å². The first kappa shape index (κ1) is 25.5. The Bertz CT molecular complexity index is 2260. The van der Waals surface area contributed by atoms with Gasteiger partial charge in [-0.1, -0.05) is 97.1 Å². The summed E-state index contributed by atoms with van der Waals surface area (Å²) in [5.74, 6) is 1.54. The molecule has 0 saturated carbocycles. The highest BCUT2D eigenvalue weighted by Gasteiger charge is 2.49. The minimum atomic E-state index is 0.495. The number of rotatable bonds is 5. The summed E-state index contributed by atoms with van der Waals surface area (Å²) in [5, 5.41) is 10.8. The largest absolute Gasteiger partial charge is 0.284 e. The van der Waals surface area contributed by atoms with Crippen LogP contribution in [0.15, 0.2) is 170 Å². The molecule has 0 N–H and O–H groups in total. The molecule has 0 amide bonds. The number of hydrogen-bond acceptors (Lipinski definition) is 2. The highest BCUT2D eigenvalue weighted by atomic mass is 15.4. The molecule has 1 aliphatic heterocycles. The van der Waals surface area contributed by atoms with Gasteiger partial charge in [-0.3, -0.25) is 9.13 Å². The number of quaternary nitrogens is 1.